The number of amides is 2. The van der Waals surface area contributed by atoms with Gasteiger partial charge < -0.3 is 14.9 Å². The van der Waals surface area contributed by atoms with Crippen molar-refractivity contribution in [2.24, 2.45) is 11.8 Å². The Kier molecular flexibility index (Phi) is 6.65. The van der Waals surface area contributed by atoms with E-state index in [2.05, 4.69) is 0 Å². The second kappa shape index (κ2) is 8.00. The van der Waals surface area contributed by atoms with Crippen LogP contribution in [-0.2, 0) is 14.4 Å². The average Bonchev–Trinajstić information content (AvgIpc) is 2.45. The number of hydrogen-bond donors (Lipinski definition) is 1. The molecule has 2 amide bonds. The molecule has 0 aromatic rings. The first-order chi connectivity index (χ1) is 9.82. The van der Waals surface area contributed by atoms with Gasteiger partial charge in [-0.1, -0.05) is 13.8 Å². The van der Waals surface area contributed by atoms with Gasteiger partial charge in [0.25, 0.3) is 0 Å². The van der Waals surface area contributed by atoms with Gasteiger partial charge in [0.05, 0.1) is 5.92 Å². The molecule has 0 aliphatic carbocycles. The van der Waals surface area contributed by atoms with E-state index in [9.17, 15) is 14.4 Å². The molecule has 1 aliphatic rings. The molecule has 21 heavy (non-hydrogen) atoms. The van der Waals surface area contributed by atoms with Gasteiger partial charge in [0.2, 0.25) is 11.8 Å². The van der Waals surface area contributed by atoms with E-state index in [0.29, 0.717) is 19.5 Å². The van der Waals surface area contributed by atoms with Gasteiger partial charge >= 0.3 is 5.97 Å². The molecule has 1 rings (SSSR count). The van der Waals surface area contributed by atoms with Crippen molar-refractivity contribution in [1.82, 2.24) is 9.80 Å². The Balaban J connectivity index is 2.49. The monoisotopic (exact) mass is 298 g/mol. The minimum atomic E-state index is -0.845. The van der Waals surface area contributed by atoms with Crippen LogP contribution in [0.2, 0.25) is 0 Å². The van der Waals surface area contributed by atoms with Crippen molar-refractivity contribution >= 4 is 17.8 Å². The molecule has 6 heteroatoms. The number of carbonyl (C=O) groups excluding carboxylic acids is 2. The van der Waals surface area contributed by atoms with Crippen molar-refractivity contribution in [1.29, 1.82) is 0 Å². The fourth-order valence-corrected chi connectivity index (χ4v) is 2.63. The molecule has 1 saturated heterocycles. The van der Waals surface area contributed by atoms with Gasteiger partial charge in [0.15, 0.2) is 0 Å². The Morgan fingerprint density at radius 1 is 1.33 bits per heavy atom. The highest BCUT2D eigenvalue weighted by Gasteiger charge is 2.30. The number of rotatable bonds is 6. The SMILES string of the molecule is CC(C)C(=O)N1CCCC(C(=O)N(C)CCCC(=O)O)C1. The van der Waals surface area contributed by atoms with Crippen LogP contribution in [0.25, 0.3) is 0 Å². The fraction of sp³-hybridized carbons (Fsp3) is 0.800. The van der Waals surface area contributed by atoms with Gasteiger partial charge in [-0.2, -0.15) is 0 Å². The smallest absolute Gasteiger partial charge is 0.303 e. The lowest BCUT2D eigenvalue weighted by Gasteiger charge is -2.34. The van der Waals surface area contributed by atoms with Crippen LogP contribution in [0.4, 0.5) is 0 Å². The van der Waals surface area contributed by atoms with E-state index in [1.165, 1.54) is 0 Å². The first-order valence-electron chi connectivity index (χ1n) is 7.58. The predicted octanol–water partition coefficient (Wildman–Crippen LogP) is 1.20. The molecule has 1 unspecified atom stereocenters. The molecule has 0 spiro atoms. The summed E-state index contributed by atoms with van der Waals surface area (Å²) in [4.78, 5) is 38.2. The van der Waals surface area contributed by atoms with Gasteiger partial charge in [-0.25, -0.2) is 0 Å². The highest BCUT2D eigenvalue weighted by molar-refractivity contribution is 5.82. The molecule has 1 aliphatic heterocycles. The highest BCUT2D eigenvalue weighted by Crippen LogP contribution is 2.20. The quantitative estimate of drug-likeness (QED) is 0.799. The number of piperidine rings is 1. The van der Waals surface area contributed by atoms with Crippen LogP contribution in [-0.4, -0.2) is 59.4 Å². The molecule has 0 aromatic carbocycles. The van der Waals surface area contributed by atoms with Crippen LogP contribution in [0, 0.1) is 11.8 Å². The second-order valence-corrected chi connectivity index (χ2v) is 6.04. The molecule has 1 N–H and O–H groups in total. The van der Waals surface area contributed by atoms with Gasteiger partial charge in [0.1, 0.15) is 0 Å². The Labute approximate surface area is 126 Å². The highest BCUT2D eigenvalue weighted by atomic mass is 16.4. The van der Waals surface area contributed by atoms with Crippen molar-refractivity contribution in [3.63, 3.8) is 0 Å². The Bertz CT molecular complexity index is 395. The van der Waals surface area contributed by atoms with Crippen molar-refractivity contribution in [3.05, 3.63) is 0 Å². The number of hydrogen-bond acceptors (Lipinski definition) is 3. The summed E-state index contributed by atoms with van der Waals surface area (Å²) in [5.74, 6) is -0.937. The summed E-state index contributed by atoms with van der Waals surface area (Å²) < 4.78 is 0. The van der Waals surface area contributed by atoms with Crippen LogP contribution in [0.15, 0.2) is 0 Å². The molecule has 1 heterocycles. The topological polar surface area (TPSA) is 77.9 Å². The van der Waals surface area contributed by atoms with E-state index in [0.717, 1.165) is 19.4 Å². The molecule has 0 radical (unpaired) electrons. The number of nitrogens with zero attached hydrogens (tertiary/aromatic N) is 2. The second-order valence-electron chi connectivity index (χ2n) is 6.04. The minimum Gasteiger partial charge on any atom is -0.481 e. The third kappa shape index (κ3) is 5.36. The number of carboxylic acid groups (broad SMARTS) is 1. The Morgan fingerprint density at radius 2 is 2.00 bits per heavy atom. The Hall–Kier alpha value is -1.59. The van der Waals surface area contributed by atoms with E-state index in [1.807, 2.05) is 13.8 Å². The fourth-order valence-electron chi connectivity index (χ4n) is 2.63. The summed E-state index contributed by atoms with van der Waals surface area (Å²) >= 11 is 0. The molecule has 0 saturated carbocycles. The lowest BCUT2D eigenvalue weighted by molar-refractivity contribution is -0.142. The zero-order valence-electron chi connectivity index (χ0n) is 13.2. The summed E-state index contributed by atoms with van der Waals surface area (Å²) in [6, 6.07) is 0. The molecule has 0 aromatic heterocycles. The van der Waals surface area contributed by atoms with Crippen molar-refractivity contribution in [3.8, 4) is 0 Å². The van der Waals surface area contributed by atoms with Gasteiger partial charge in [-0.3, -0.25) is 14.4 Å². The van der Waals surface area contributed by atoms with E-state index >= 15 is 0 Å². The molecule has 6 nitrogen and oxygen atoms in total. The van der Waals surface area contributed by atoms with Crippen molar-refractivity contribution in [2.45, 2.75) is 39.5 Å². The summed E-state index contributed by atoms with van der Waals surface area (Å²) in [6.07, 6.45) is 2.17. The largest absolute Gasteiger partial charge is 0.481 e. The lowest BCUT2D eigenvalue weighted by atomic mass is 9.95. The first-order valence-corrected chi connectivity index (χ1v) is 7.58. The van der Waals surface area contributed by atoms with Crippen LogP contribution in [0.1, 0.15) is 39.5 Å². The molecule has 1 fully saturated rings. The Morgan fingerprint density at radius 3 is 2.57 bits per heavy atom. The maximum Gasteiger partial charge on any atom is 0.303 e. The van der Waals surface area contributed by atoms with Gasteiger partial charge in [0, 0.05) is 39.0 Å². The third-order valence-electron chi connectivity index (χ3n) is 3.84. The van der Waals surface area contributed by atoms with Crippen LogP contribution >= 0.6 is 0 Å². The normalized spacial score (nSPS) is 18.7. The molecule has 0 bridgehead atoms. The van der Waals surface area contributed by atoms with E-state index in [-0.39, 0.29) is 30.1 Å². The maximum atomic E-state index is 12.4. The lowest BCUT2D eigenvalue weighted by Crippen LogP contribution is -2.47. The van der Waals surface area contributed by atoms with Gasteiger partial charge in [-0.15, -0.1) is 0 Å². The first kappa shape index (κ1) is 17.5. The zero-order valence-corrected chi connectivity index (χ0v) is 13.2. The summed E-state index contributed by atoms with van der Waals surface area (Å²) in [5, 5.41) is 8.61. The number of carboxylic acids is 1. The summed E-state index contributed by atoms with van der Waals surface area (Å²) in [5.41, 5.74) is 0. The van der Waals surface area contributed by atoms with Gasteiger partial charge in [-0.05, 0) is 19.3 Å². The molecule has 1 atom stereocenters. The molecule has 120 valence electrons. The van der Waals surface area contributed by atoms with E-state index in [4.69, 9.17) is 5.11 Å². The van der Waals surface area contributed by atoms with Crippen LogP contribution in [0.5, 0.6) is 0 Å². The van der Waals surface area contributed by atoms with Crippen LogP contribution < -0.4 is 0 Å². The third-order valence-corrected chi connectivity index (χ3v) is 3.84. The number of carbonyl (C=O) groups is 3. The zero-order chi connectivity index (χ0) is 16.0. The molecular formula is C15H26N2O4. The van der Waals surface area contributed by atoms with Crippen molar-refractivity contribution in [2.75, 3.05) is 26.7 Å². The van der Waals surface area contributed by atoms with Crippen LogP contribution in [0.3, 0.4) is 0 Å². The minimum absolute atomic E-state index is 0.0154. The molecular weight excluding hydrogens is 272 g/mol. The van der Waals surface area contributed by atoms with Crippen molar-refractivity contribution < 1.29 is 19.5 Å². The predicted molar refractivity (Wildman–Crippen MR) is 78.6 cm³/mol. The summed E-state index contributed by atoms with van der Waals surface area (Å²) in [7, 11) is 1.70. The number of likely N-dealkylation sites (tertiary alicyclic amines) is 1. The van der Waals surface area contributed by atoms with E-state index < -0.39 is 5.97 Å². The standard InChI is InChI=1S/C15H26N2O4/c1-11(2)14(20)17-9-4-6-12(10-17)15(21)16(3)8-5-7-13(18)19/h11-12H,4-10H2,1-3H3,(H,18,19). The number of aliphatic carboxylic acids is 1. The van der Waals surface area contributed by atoms with E-state index in [1.54, 1.807) is 16.8 Å². The maximum absolute atomic E-state index is 12.4. The average molecular weight is 298 g/mol. The summed E-state index contributed by atoms with van der Waals surface area (Å²) in [6.45, 7) is 5.39.